The summed E-state index contributed by atoms with van der Waals surface area (Å²) in [6.45, 7) is 10.6. The lowest BCUT2D eigenvalue weighted by Crippen LogP contribution is -2.51. The Hall–Kier alpha value is -1.30. The number of rotatable bonds is 7. The van der Waals surface area contributed by atoms with Gasteiger partial charge in [-0.25, -0.2) is 0 Å². The zero-order valence-corrected chi connectivity index (χ0v) is 14.9. The van der Waals surface area contributed by atoms with Gasteiger partial charge >= 0.3 is 0 Å². The minimum absolute atomic E-state index is 0.0921. The molecule has 24 heavy (non-hydrogen) atoms. The highest BCUT2D eigenvalue weighted by atomic mass is 16.6. The van der Waals surface area contributed by atoms with E-state index in [1.54, 1.807) is 0 Å². The van der Waals surface area contributed by atoms with E-state index in [1.165, 1.54) is 5.56 Å². The topological polar surface area (TPSA) is 40.2 Å². The number of benzene rings is 1. The molecule has 2 aliphatic heterocycles. The van der Waals surface area contributed by atoms with Gasteiger partial charge < -0.3 is 18.9 Å². The monoisotopic (exact) mass is 335 g/mol. The molecule has 1 aromatic rings. The fraction of sp³-hybridized carbons (Fsp3) is 0.684. The summed E-state index contributed by atoms with van der Waals surface area (Å²) in [5.41, 5.74) is 1.16. The van der Waals surface area contributed by atoms with Crippen molar-refractivity contribution < 1.29 is 18.9 Å². The van der Waals surface area contributed by atoms with E-state index in [2.05, 4.69) is 24.0 Å². The molecule has 5 heteroatoms. The number of ether oxygens (including phenoxy) is 4. The summed E-state index contributed by atoms with van der Waals surface area (Å²) in [5.74, 6) is 1.68. The van der Waals surface area contributed by atoms with Gasteiger partial charge in [-0.1, -0.05) is 13.0 Å². The summed E-state index contributed by atoms with van der Waals surface area (Å²) < 4.78 is 23.1. The molecule has 2 aliphatic rings. The van der Waals surface area contributed by atoms with Gasteiger partial charge in [0.15, 0.2) is 11.5 Å². The molecule has 2 heterocycles. The maximum absolute atomic E-state index is 6.01. The molecule has 0 N–H and O–H groups in total. The first kappa shape index (κ1) is 17.5. The predicted octanol–water partition coefficient (Wildman–Crippen LogP) is 2.87. The van der Waals surface area contributed by atoms with Crippen LogP contribution in [-0.2, 0) is 16.0 Å². The summed E-state index contributed by atoms with van der Waals surface area (Å²) >= 11 is 0. The smallest absolute Gasteiger partial charge is 0.161 e. The fourth-order valence-corrected chi connectivity index (χ4v) is 3.39. The molecule has 0 aliphatic carbocycles. The second-order valence-electron chi connectivity index (χ2n) is 6.61. The second-order valence-corrected chi connectivity index (χ2v) is 6.61. The Labute approximate surface area is 144 Å². The van der Waals surface area contributed by atoms with Gasteiger partial charge in [-0.3, -0.25) is 4.90 Å². The lowest BCUT2D eigenvalue weighted by Gasteiger charge is -2.39. The van der Waals surface area contributed by atoms with Gasteiger partial charge in [0.2, 0.25) is 0 Å². The third-order valence-electron chi connectivity index (χ3n) is 4.57. The summed E-state index contributed by atoms with van der Waals surface area (Å²) in [6.07, 6.45) is 1.99. The zero-order chi connectivity index (χ0) is 16.8. The molecule has 0 saturated carbocycles. The van der Waals surface area contributed by atoms with Crippen LogP contribution in [0.4, 0.5) is 0 Å². The molecule has 1 spiro atoms. The Morgan fingerprint density at radius 1 is 1.17 bits per heavy atom. The van der Waals surface area contributed by atoms with Crippen LogP contribution in [0.1, 0.15) is 32.3 Å². The SMILES string of the molecule is CCCOc1ccc(CN2CCOC3(CCOC3)C2)cc1OCC. The van der Waals surface area contributed by atoms with Crippen molar-refractivity contribution in [3.8, 4) is 11.5 Å². The first-order valence-corrected chi connectivity index (χ1v) is 9.07. The number of nitrogens with zero attached hydrogens (tertiary/aromatic N) is 1. The van der Waals surface area contributed by atoms with Gasteiger partial charge in [0, 0.05) is 32.7 Å². The molecule has 0 radical (unpaired) electrons. The molecule has 3 rings (SSSR count). The van der Waals surface area contributed by atoms with E-state index >= 15 is 0 Å². The van der Waals surface area contributed by atoms with Crippen LogP contribution in [0, 0.1) is 0 Å². The summed E-state index contributed by atoms with van der Waals surface area (Å²) in [5, 5.41) is 0. The molecular formula is C19H29NO4. The minimum Gasteiger partial charge on any atom is -0.490 e. The third kappa shape index (κ3) is 4.21. The van der Waals surface area contributed by atoms with Crippen molar-refractivity contribution in [2.45, 2.75) is 38.8 Å². The van der Waals surface area contributed by atoms with E-state index in [4.69, 9.17) is 18.9 Å². The maximum atomic E-state index is 6.01. The maximum Gasteiger partial charge on any atom is 0.161 e. The molecule has 1 unspecified atom stereocenters. The highest BCUT2D eigenvalue weighted by Crippen LogP contribution is 2.31. The van der Waals surface area contributed by atoms with Gasteiger partial charge in [0.1, 0.15) is 5.60 Å². The molecule has 5 nitrogen and oxygen atoms in total. The highest BCUT2D eigenvalue weighted by molar-refractivity contribution is 5.43. The highest BCUT2D eigenvalue weighted by Gasteiger charge is 2.40. The Bertz CT molecular complexity index is 528. The first-order valence-electron chi connectivity index (χ1n) is 9.07. The van der Waals surface area contributed by atoms with Crippen LogP contribution in [0.3, 0.4) is 0 Å². The van der Waals surface area contributed by atoms with E-state index in [0.29, 0.717) is 13.2 Å². The van der Waals surface area contributed by atoms with E-state index < -0.39 is 0 Å². The number of morpholine rings is 1. The molecule has 0 amide bonds. The fourth-order valence-electron chi connectivity index (χ4n) is 3.39. The van der Waals surface area contributed by atoms with Crippen molar-refractivity contribution >= 4 is 0 Å². The van der Waals surface area contributed by atoms with E-state index in [1.807, 2.05) is 13.0 Å². The van der Waals surface area contributed by atoms with Crippen LogP contribution in [-0.4, -0.2) is 56.6 Å². The van der Waals surface area contributed by atoms with Crippen LogP contribution in [0.25, 0.3) is 0 Å². The van der Waals surface area contributed by atoms with Gasteiger partial charge in [-0.2, -0.15) is 0 Å². The lowest BCUT2D eigenvalue weighted by atomic mass is 10.0. The van der Waals surface area contributed by atoms with Gasteiger partial charge in [0.25, 0.3) is 0 Å². The minimum atomic E-state index is -0.0921. The van der Waals surface area contributed by atoms with E-state index in [0.717, 1.165) is 63.8 Å². The standard InChI is InChI=1S/C19H29NO4/c1-3-9-23-17-6-5-16(12-18(17)22-4-2)13-20-8-11-24-19(14-20)7-10-21-15-19/h5-6,12H,3-4,7-11,13-15H2,1-2H3. The van der Waals surface area contributed by atoms with Crippen LogP contribution in [0.5, 0.6) is 11.5 Å². The van der Waals surface area contributed by atoms with Crippen molar-refractivity contribution in [3.05, 3.63) is 23.8 Å². The average molecular weight is 335 g/mol. The van der Waals surface area contributed by atoms with Crippen molar-refractivity contribution in [1.82, 2.24) is 4.90 Å². The van der Waals surface area contributed by atoms with Crippen LogP contribution < -0.4 is 9.47 Å². The van der Waals surface area contributed by atoms with Crippen molar-refractivity contribution in [3.63, 3.8) is 0 Å². The van der Waals surface area contributed by atoms with Crippen molar-refractivity contribution in [2.75, 3.05) is 46.1 Å². The van der Waals surface area contributed by atoms with Crippen LogP contribution in [0.2, 0.25) is 0 Å². The molecule has 134 valence electrons. The second kappa shape index (κ2) is 8.19. The Kier molecular flexibility index (Phi) is 5.98. The molecule has 2 saturated heterocycles. The van der Waals surface area contributed by atoms with Crippen LogP contribution in [0.15, 0.2) is 18.2 Å². The lowest BCUT2D eigenvalue weighted by molar-refractivity contribution is -0.111. The summed E-state index contributed by atoms with van der Waals surface area (Å²) in [6, 6.07) is 6.29. The number of hydrogen-bond acceptors (Lipinski definition) is 5. The van der Waals surface area contributed by atoms with Gasteiger partial charge in [0.05, 0.1) is 26.4 Å². The van der Waals surface area contributed by atoms with Crippen LogP contribution >= 0.6 is 0 Å². The molecule has 1 aromatic carbocycles. The first-order chi connectivity index (χ1) is 11.7. The van der Waals surface area contributed by atoms with Gasteiger partial charge in [-0.05, 0) is 31.0 Å². The molecular weight excluding hydrogens is 306 g/mol. The molecule has 2 fully saturated rings. The van der Waals surface area contributed by atoms with E-state index in [9.17, 15) is 0 Å². The Balaban J connectivity index is 1.66. The normalized spacial score (nSPS) is 24.4. The van der Waals surface area contributed by atoms with Crippen molar-refractivity contribution in [2.24, 2.45) is 0 Å². The predicted molar refractivity (Wildman–Crippen MR) is 92.8 cm³/mol. The molecule has 1 atom stereocenters. The van der Waals surface area contributed by atoms with E-state index in [-0.39, 0.29) is 5.60 Å². The summed E-state index contributed by atoms with van der Waals surface area (Å²) in [7, 11) is 0. The third-order valence-corrected chi connectivity index (χ3v) is 4.57. The molecule has 0 aromatic heterocycles. The zero-order valence-electron chi connectivity index (χ0n) is 14.9. The Morgan fingerprint density at radius 3 is 2.83 bits per heavy atom. The Morgan fingerprint density at radius 2 is 2.08 bits per heavy atom. The average Bonchev–Trinajstić information content (AvgIpc) is 3.02. The summed E-state index contributed by atoms with van der Waals surface area (Å²) in [4.78, 5) is 2.45. The molecule has 0 bridgehead atoms. The van der Waals surface area contributed by atoms with Crippen molar-refractivity contribution in [1.29, 1.82) is 0 Å². The largest absolute Gasteiger partial charge is 0.490 e. The number of hydrogen-bond donors (Lipinski definition) is 0. The van der Waals surface area contributed by atoms with Gasteiger partial charge in [-0.15, -0.1) is 0 Å². The quantitative estimate of drug-likeness (QED) is 0.766.